The van der Waals surface area contributed by atoms with Crippen molar-refractivity contribution in [2.45, 2.75) is 70.3 Å². The van der Waals surface area contributed by atoms with Gasteiger partial charge in [-0.3, -0.25) is 0 Å². The van der Waals surface area contributed by atoms with Crippen LogP contribution in [0, 0.1) is 36.0 Å². The molecule has 1 aliphatic rings. The minimum Gasteiger partial charge on any atom is -0.389 e. The van der Waals surface area contributed by atoms with Crippen LogP contribution in [0.4, 0.5) is 22.0 Å². The molecular weight excluding hydrogens is 459 g/mol. The van der Waals surface area contributed by atoms with Crippen molar-refractivity contribution in [3.8, 4) is 0 Å². The van der Waals surface area contributed by atoms with E-state index >= 15 is 0 Å². The Morgan fingerprint density at radius 3 is 2.03 bits per heavy atom. The summed E-state index contributed by atoms with van der Waals surface area (Å²) in [6, 6.07) is 11.1. The van der Waals surface area contributed by atoms with Crippen molar-refractivity contribution in [1.82, 2.24) is 0 Å². The van der Waals surface area contributed by atoms with Crippen molar-refractivity contribution in [2.75, 3.05) is 0 Å². The van der Waals surface area contributed by atoms with Crippen molar-refractivity contribution < 1.29 is 27.1 Å². The van der Waals surface area contributed by atoms with Gasteiger partial charge in [0.05, 0.1) is 6.10 Å². The van der Waals surface area contributed by atoms with Crippen molar-refractivity contribution in [2.24, 2.45) is 0 Å². The largest absolute Gasteiger partial charge is 0.389 e. The van der Waals surface area contributed by atoms with Gasteiger partial charge in [0, 0.05) is 5.56 Å². The molecule has 0 aliphatic heterocycles. The Morgan fingerprint density at radius 2 is 1.37 bits per heavy atom. The van der Waals surface area contributed by atoms with Crippen molar-refractivity contribution >= 4 is 0 Å². The summed E-state index contributed by atoms with van der Waals surface area (Å²) in [5.74, 6) is -4.02. The second-order valence-corrected chi connectivity index (χ2v) is 9.62. The smallest absolute Gasteiger partial charge is 0.164 e. The van der Waals surface area contributed by atoms with Gasteiger partial charge in [-0.25, -0.2) is 22.0 Å². The number of benzene rings is 3. The Bertz CT molecular complexity index is 1210. The van der Waals surface area contributed by atoms with Crippen LogP contribution in [0.15, 0.2) is 42.5 Å². The summed E-state index contributed by atoms with van der Waals surface area (Å²) in [6.07, 6.45) is 2.11. The summed E-state index contributed by atoms with van der Waals surface area (Å²) in [5, 5.41) is 9.59. The van der Waals surface area contributed by atoms with E-state index in [1.54, 1.807) is 12.1 Å². The van der Waals surface area contributed by atoms with E-state index in [1.807, 2.05) is 6.07 Å². The molecule has 3 aromatic rings. The van der Waals surface area contributed by atoms with Crippen LogP contribution in [0.5, 0.6) is 0 Å². The third-order valence-corrected chi connectivity index (χ3v) is 7.33. The van der Waals surface area contributed by atoms with Gasteiger partial charge in [-0.15, -0.1) is 0 Å². The first-order chi connectivity index (χ1) is 16.7. The lowest BCUT2D eigenvalue weighted by Crippen LogP contribution is -2.15. The number of aryl methyl sites for hydroxylation is 3. The first kappa shape index (κ1) is 25.4. The standard InChI is InChI=1S/C29H29F5O/c1-16-3-4-21(27(32)26(16)31)11-9-20-10-12-22(15-25(20)30)18-5-7-19(8-6-18)24-14-13-23(17(2)35)28(33)29(24)34/h3-4,10,12-15,17-19,35H,5-9,11H2,1-2H3. The predicted molar refractivity (Wildman–Crippen MR) is 126 cm³/mol. The molecule has 1 N–H and O–H groups in total. The zero-order valence-electron chi connectivity index (χ0n) is 19.9. The Kier molecular flexibility index (Phi) is 7.60. The predicted octanol–water partition coefficient (Wildman–Crippen LogP) is 7.97. The number of hydrogen-bond donors (Lipinski definition) is 1. The summed E-state index contributed by atoms with van der Waals surface area (Å²) < 4.78 is 71.6. The topological polar surface area (TPSA) is 20.2 Å². The van der Waals surface area contributed by atoms with Gasteiger partial charge in [0.15, 0.2) is 23.3 Å². The number of halogens is 5. The quantitative estimate of drug-likeness (QED) is 0.349. The maximum Gasteiger partial charge on any atom is 0.164 e. The van der Waals surface area contributed by atoms with Gasteiger partial charge in [-0.05, 0) is 98.1 Å². The zero-order chi connectivity index (χ0) is 25.3. The van der Waals surface area contributed by atoms with Crippen LogP contribution >= 0.6 is 0 Å². The molecule has 6 heteroatoms. The average Bonchev–Trinajstić information content (AvgIpc) is 2.84. The van der Waals surface area contributed by atoms with E-state index in [1.165, 1.54) is 38.1 Å². The molecule has 1 unspecified atom stereocenters. The lowest BCUT2D eigenvalue weighted by molar-refractivity contribution is 0.192. The second-order valence-electron chi connectivity index (χ2n) is 9.62. The van der Waals surface area contributed by atoms with Crippen LogP contribution in [-0.2, 0) is 12.8 Å². The second kappa shape index (κ2) is 10.5. The average molecular weight is 489 g/mol. The minimum absolute atomic E-state index is 0.0502. The molecule has 0 spiro atoms. The third kappa shape index (κ3) is 5.27. The zero-order valence-corrected chi connectivity index (χ0v) is 19.9. The fraction of sp³-hybridized carbons (Fsp3) is 0.379. The Balaban J connectivity index is 1.40. The Labute approximate surface area is 202 Å². The summed E-state index contributed by atoms with van der Waals surface area (Å²) in [6.45, 7) is 2.89. The molecule has 0 saturated heterocycles. The lowest BCUT2D eigenvalue weighted by Gasteiger charge is -2.30. The molecule has 0 bridgehead atoms. The molecule has 0 aromatic heterocycles. The highest BCUT2D eigenvalue weighted by Gasteiger charge is 2.28. The minimum atomic E-state index is -1.08. The van der Waals surface area contributed by atoms with Gasteiger partial charge in [0.2, 0.25) is 0 Å². The highest BCUT2D eigenvalue weighted by molar-refractivity contribution is 5.33. The lowest BCUT2D eigenvalue weighted by atomic mass is 9.75. The highest BCUT2D eigenvalue weighted by atomic mass is 19.2. The summed E-state index contributed by atoms with van der Waals surface area (Å²) in [7, 11) is 0. The Morgan fingerprint density at radius 1 is 0.743 bits per heavy atom. The SMILES string of the molecule is Cc1ccc(CCc2ccc(C3CCC(c4ccc(C(C)O)c(F)c4F)CC3)cc2F)c(F)c1F. The molecule has 4 rings (SSSR count). The Hall–Kier alpha value is -2.73. The van der Waals surface area contributed by atoms with Crippen molar-refractivity contribution in [1.29, 1.82) is 0 Å². The molecule has 35 heavy (non-hydrogen) atoms. The first-order valence-electron chi connectivity index (χ1n) is 12.0. The van der Waals surface area contributed by atoms with Crippen LogP contribution in [0.25, 0.3) is 0 Å². The van der Waals surface area contributed by atoms with Gasteiger partial charge in [0.1, 0.15) is 5.82 Å². The van der Waals surface area contributed by atoms with Gasteiger partial charge < -0.3 is 5.11 Å². The van der Waals surface area contributed by atoms with Crippen LogP contribution in [-0.4, -0.2) is 5.11 Å². The fourth-order valence-corrected chi connectivity index (χ4v) is 5.12. The van der Waals surface area contributed by atoms with Gasteiger partial charge in [-0.2, -0.15) is 0 Å². The van der Waals surface area contributed by atoms with Crippen LogP contribution in [0.2, 0.25) is 0 Å². The fourth-order valence-electron chi connectivity index (χ4n) is 5.12. The van der Waals surface area contributed by atoms with E-state index in [0.29, 0.717) is 24.0 Å². The summed E-state index contributed by atoms with van der Waals surface area (Å²) in [5.41, 5.74) is 2.03. The van der Waals surface area contributed by atoms with E-state index in [4.69, 9.17) is 0 Å². The third-order valence-electron chi connectivity index (χ3n) is 7.33. The molecule has 0 heterocycles. The van der Waals surface area contributed by atoms with Crippen molar-refractivity contribution in [3.63, 3.8) is 0 Å². The molecule has 1 saturated carbocycles. The number of aliphatic hydroxyl groups is 1. The van der Waals surface area contributed by atoms with E-state index in [9.17, 15) is 27.1 Å². The molecule has 186 valence electrons. The van der Waals surface area contributed by atoms with E-state index in [0.717, 1.165) is 18.4 Å². The maximum atomic E-state index is 14.8. The summed E-state index contributed by atoms with van der Waals surface area (Å²) in [4.78, 5) is 0. The highest BCUT2D eigenvalue weighted by Crippen LogP contribution is 2.42. The van der Waals surface area contributed by atoms with Crippen LogP contribution < -0.4 is 0 Å². The number of rotatable bonds is 6. The van der Waals surface area contributed by atoms with Gasteiger partial charge in [0.25, 0.3) is 0 Å². The number of hydrogen-bond acceptors (Lipinski definition) is 1. The molecule has 0 radical (unpaired) electrons. The normalized spacial score (nSPS) is 19.1. The van der Waals surface area contributed by atoms with Gasteiger partial charge >= 0.3 is 0 Å². The number of aliphatic hydroxyl groups excluding tert-OH is 1. The molecular formula is C29H29F5O. The van der Waals surface area contributed by atoms with Gasteiger partial charge in [-0.1, -0.05) is 36.4 Å². The van der Waals surface area contributed by atoms with E-state index in [2.05, 4.69) is 0 Å². The molecule has 0 amide bonds. The monoisotopic (exact) mass is 488 g/mol. The molecule has 1 atom stereocenters. The first-order valence-corrected chi connectivity index (χ1v) is 12.0. The van der Waals surface area contributed by atoms with Crippen LogP contribution in [0.1, 0.15) is 83.9 Å². The maximum absolute atomic E-state index is 14.8. The summed E-state index contributed by atoms with van der Waals surface area (Å²) >= 11 is 0. The van der Waals surface area contributed by atoms with E-state index in [-0.39, 0.29) is 47.2 Å². The molecule has 1 aliphatic carbocycles. The molecule has 1 fully saturated rings. The molecule has 1 nitrogen and oxygen atoms in total. The van der Waals surface area contributed by atoms with E-state index < -0.39 is 29.4 Å². The molecule has 3 aromatic carbocycles. The van der Waals surface area contributed by atoms with Crippen LogP contribution in [0.3, 0.4) is 0 Å². The van der Waals surface area contributed by atoms with Crippen molar-refractivity contribution in [3.05, 3.63) is 105 Å².